The highest BCUT2D eigenvalue weighted by Crippen LogP contribution is 2.26. The molecule has 1 aromatic carbocycles. The number of allylic oxidation sites excluding steroid dienone is 2. The van der Waals surface area contributed by atoms with Crippen LogP contribution >= 0.6 is 11.8 Å². The Balaban J connectivity index is 1.64. The van der Waals surface area contributed by atoms with E-state index in [1.807, 2.05) is 37.8 Å². The number of rotatable bonds is 6. The molecule has 0 saturated heterocycles. The van der Waals surface area contributed by atoms with Crippen LogP contribution in [0.4, 0.5) is 0 Å². The number of amides is 1. The number of carbonyl (C=O) groups is 1. The maximum atomic E-state index is 12.6. The van der Waals surface area contributed by atoms with E-state index in [1.165, 1.54) is 18.2 Å². The molecule has 1 heterocycles. The molecule has 0 bridgehead atoms. The Morgan fingerprint density at radius 2 is 1.96 bits per heavy atom. The van der Waals surface area contributed by atoms with Gasteiger partial charge in [-0.1, -0.05) is 35.0 Å². The average Bonchev–Trinajstić information content (AvgIpc) is 3.10. The predicted octanol–water partition coefficient (Wildman–Crippen LogP) is 4.75. The summed E-state index contributed by atoms with van der Waals surface area (Å²) in [5.41, 5.74) is 4.38. The highest BCUT2D eigenvalue weighted by molar-refractivity contribution is 7.99. The third-order valence-corrected chi connectivity index (χ3v) is 5.23. The van der Waals surface area contributed by atoms with Crippen LogP contribution in [0.1, 0.15) is 43.7 Å². The summed E-state index contributed by atoms with van der Waals surface area (Å²) >= 11 is 1.30. The van der Waals surface area contributed by atoms with Crippen molar-refractivity contribution in [3.63, 3.8) is 0 Å². The first-order chi connectivity index (χ1) is 12.6. The monoisotopic (exact) mass is 371 g/mol. The average molecular weight is 372 g/mol. The Bertz CT molecular complexity index is 793. The van der Waals surface area contributed by atoms with Crippen LogP contribution in [0.3, 0.4) is 0 Å². The molecule has 0 radical (unpaired) electrons. The largest absolute Gasteiger partial charge is 0.411 e. The van der Waals surface area contributed by atoms with E-state index in [9.17, 15) is 4.79 Å². The minimum atomic E-state index is 0.0943. The van der Waals surface area contributed by atoms with Gasteiger partial charge in [0.2, 0.25) is 11.8 Å². The normalized spacial score (nSPS) is 14.2. The summed E-state index contributed by atoms with van der Waals surface area (Å²) in [7, 11) is 0. The first-order valence-corrected chi connectivity index (χ1v) is 10.1. The molecule has 0 atom stereocenters. The second-order valence-corrected chi connectivity index (χ2v) is 7.54. The fourth-order valence-electron chi connectivity index (χ4n) is 3.29. The molecule has 0 aliphatic heterocycles. The molecule has 1 amide bonds. The lowest BCUT2D eigenvalue weighted by Crippen LogP contribution is -2.32. The van der Waals surface area contributed by atoms with Crippen LogP contribution in [0, 0.1) is 13.8 Å². The van der Waals surface area contributed by atoms with Crippen molar-refractivity contribution in [2.24, 2.45) is 0 Å². The number of thioether (sulfide) groups is 1. The number of hydrogen-bond acceptors (Lipinski definition) is 5. The molecule has 0 spiro atoms. The predicted molar refractivity (Wildman–Crippen MR) is 104 cm³/mol. The molecule has 0 saturated carbocycles. The summed E-state index contributed by atoms with van der Waals surface area (Å²) < 4.78 is 5.74. The molecule has 2 aromatic rings. The van der Waals surface area contributed by atoms with Crippen LogP contribution in [0.25, 0.3) is 11.5 Å². The van der Waals surface area contributed by atoms with Crippen molar-refractivity contribution in [2.45, 2.75) is 51.7 Å². The topological polar surface area (TPSA) is 59.2 Å². The summed E-state index contributed by atoms with van der Waals surface area (Å²) in [6.45, 7) is 6.80. The Kier molecular flexibility index (Phi) is 6.14. The maximum Gasteiger partial charge on any atom is 0.277 e. The molecule has 1 aliphatic carbocycles. The summed E-state index contributed by atoms with van der Waals surface area (Å²) in [6, 6.07) is 6.15. The first-order valence-electron chi connectivity index (χ1n) is 9.11. The summed E-state index contributed by atoms with van der Waals surface area (Å²) in [5, 5.41) is 8.64. The number of aryl methyl sites for hydroxylation is 2. The van der Waals surface area contributed by atoms with Gasteiger partial charge in [0.15, 0.2) is 0 Å². The lowest BCUT2D eigenvalue weighted by Gasteiger charge is -2.26. The molecule has 6 heteroatoms. The number of benzene rings is 1. The maximum absolute atomic E-state index is 12.6. The number of hydrogen-bond donors (Lipinski definition) is 0. The lowest BCUT2D eigenvalue weighted by molar-refractivity contribution is -0.126. The van der Waals surface area contributed by atoms with Crippen molar-refractivity contribution in [2.75, 3.05) is 12.3 Å². The Morgan fingerprint density at radius 1 is 1.19 bits per heavy atom. The second kappa shape index (κ2) is 8.54. The van der Waals surface area contributed by atoms with Crippen LogP contribution in [0.2, 0.25) is 0 Å². The van der Waals surface area contributed by atoms with Gasteiger partial charge in [-0.3, -0.25) is 4.79 Å². The van der Waals surface area contributed by atoms with Gasteiger partial charge in [-0.2, -0.15) is 0 Å². The number of nitrogens with zero attached hydrogens (tertiary/aromatic N) is 3. The molecule has 0 fully saturated rings. The van der Waals surface area contributed by atoms with E-state index in [0.29, 0.717) is 23.4 Å². The zero-order chi connectivity index (χ0) is 18.5. The minimum absolute atomic E-state index is 0.0943. The SMILES string of the molecule is CCN(C(=O)CSc1nnc(-c2cc(C)cc(C)c2)o1)C1=CCCCC1. The molecular weight excluding hydrogens is 346 g/mol. The van der Waals surface area contributed by atoms with Crippen molar-refractivity contribution in [1.29, 1.82) is 0 Å². The first kappa shape index (κ1) is 18.7. The van der Waals surface area contributed by atoms with E-state index in [4.69, 9.17) is 4.42 Å². The van der Waals surface area contributed by atoms with E-state index in [0.717, 1.165) is 41.6 Å². The molecule has 5 nitrogen and oxygen atoms in total. The molecular formula is C20H25N3O2S. The molecule has 1 aromatic heterocycles. The van der Waals surface area contributed by atoms with Crippen LogP contribution in [0.15, 0.2) is 39.6 Å². The van der Waals surface area contributed by atoms with E-state index in [2.05, 4.69) is 22.3 Å². The molecule has 26 heavy (non-hydrogen) atoms. The van der Waals surface area contributed by atoms with Gasteiger partial charge in [-0.15, -0.1) is 10.2 Å². The van der Waals surface area contributed by atoms with Gasteiger partial charge < -0.3 is 9.32 Å². The Hall–Kier alpha value is -2.08. The molecule has 0 N–H and O–H groups in total. The standard InChI is InChI=1S/C20H25N3O2S/c1-4-23(17-8-6-5-7-9-17)18(24)13-26-20-22-21-19(25-20)16-11-14(2)10-15(3)12-16/h8,10-12H,4-7,9,13H2,1-3H3. The number of aromatic nitrogens is 2. The van der Waals surface area contributed by atoms with Crippen molar-refractivity contribution >= 4 is 17.7 Å². The second-order valence-electron chi connectivity index (χ2n) is 6.62. The van der Waals surface area contributed by atoms with Crippen molar-refractivity contribution in [3.05, 3.63) is 41.1 Å². The summed E-state index contributed by atoms with van der Waals surface area (Å²) in [5.74, 6) is 0.894. The quantitative estimate of drug-likeness (QED) is 0.686. The zero-order valence-corrected chi connectivity index (χ0v) is 16.4. The van der Waals surface area contributed by atoms with Gasteiger partial charge in [0.1, 0.15) is 0 Å². The van der Waals surface area contributed by atoms with Crippen LogP contribution in [0.5, 0.6) is 0 Å². The van der Waals surface area contributed by atoms with Crippen molar-refractivity contribution in [3.8, 4) is 11.5 Å². The molecule has 1 aliphatic rings. The summed E-state index contributed by atoms with van der Waals surface area (Å²) in [6.07, 6.45) is 6.62. The van der Waals surface area contributed by atoms with Gasteiger partial charge in [0.05, 0.1) is 5.75 Å². The van der Waals surface area contributed by atoms with E-state index < -0.39 is 0 Å². The van der Waals surface area contributed by atoms with Crippen LogP contribution in [-0.2, 0) is 4.79 Å². The van der Waals surface area contributed by atoms with Gasteiger partial charge in [-0.25, -0.2) is 0 Å². The van der Waals surface area contributed by atoms with E-state index >= 15 is 0 Å². The summed E-state index contributed by atoms with van der Waals surface area (Å²) in [4.78, 5) is 14.5. The van der Waals surface area contributed by atoms with Crippen LogP contribution < -0.4 is 0 Å². The van der Waals surface area contributed by atoms with Crippen molar-refractivity contribution < 1.29 is 9.21 Å². The zero-order valence-electron chi connectivity index (χ0n) is 15.6. The van der Waals surface area contributed by atoms with E-state index in [-0.39, 0.29) is 5.91 Å². The Labute approximate surface area is 158 Å². The minimum Gasteiger partial charge on any atom is -0.411 e. The molecule has 0 unspecified atom stereocenters. The highest BCUT2D eigenvalue weighted by Gasteiger charge is 2.19. The molecule has 3 rings (SSSR count). The highest BCUT2D eigenvalue weighted by atomic mass is 32.2. The van der Waals surface area contributed by atoms with Crippen LogP contribution in [-0.4, -0.2) is 33.3 Å². The number of carbonyl (C=O) groups excluding carboxylic acids is 1. The third kappa shape index (κ3) is 4.55. The van der Waals surface area contributed by atoms with Gasteiger partial charge in [0.25, 0.3) is 5.22 Å². The smallest absolute Gasteiger partial charge is 0.277 e. The van der Waals surface area contributed by atoms with E-state index in [1.54, 1.807) is 0 Å². The lowest BCUT2D eigenvalue weighted by atomic mass is 10.0. The van der Waals surface area contributed by atoms with Gasteiger partial charge in [-0.05, 0) is 58.6 Å². The Morgan fingerprint density at radius 3 is 2.62 bits per heavy atom. The fourth-order valence-corrected chi connectivity index (χ4v) is 3.93. The molecule has 138 valence electrons. The van der Waals surface area contributed by atoms with Gasteiger partial charge >= 0.3 is 0 Å². The van der Waals surface area contributed by atoms with Gasteiger partial charge in [0, 0.05) is 17.8 Å². The van der Waals surface area contributed by atoms with Crippen molar-refractivity contribution in [1.82, 2.24) is 15.1 Å². The fraction of sp³-hybridized carbons (Fsp3) is 0.450. The third-order valence-electron chi connectivity index (χ3n) is 4.43.